The fourth-order valence-corrected chi connectivity index (χ4v) is 2.43. The van der Waals surface area contributed by atoms with Gasteiger partial charge in [0.05, 0.1) is 15.7 Å². The van der Waals surface area contributed by atoms with Crippen LogP contribution in [0.2, 0.25) is 0 Å². The summed E-state index contributed by atoms with van der Waals surface area (Å²) in [6.45, 7) is -0.0120. The van der Waals surface area contributed by atoms with E-state index >= 15 is 0 Å². The molecule has 1 aliphatic heterocycles. The summed E-state index contributed by atoms with van der Waals surface area (Å²) < 4.78 is 26.4. The van der Waals surface area contributed by atoms with Gasteiger partial charge in [0.25, 0.3) is 0 Å². The number of aromatic carboxylic acids is 1. The molecule has 0 spiro atoms. The molecule has 1 N–H and O–H groups in total. The van der Waals surface area contributed by atoms with Crippen molar-refractivity contribution in [2.75, 3.05) is 6.79 Å². The van der Waals surface area contributed by atoms with Gasteiger partial charge in [0.15, 0.2) is 23.0 Å². The molecule has 1 aliphatic rings. The molecule has 8 heteroatoms. The average Bonchev–Trinajstić information content (AvgIpc) is 2.98. The second-order valence-electron chi connectivity index (χ2n) is 4.12. The van der Waals surface area contributed by atoms with Crippen LogP contribution in [0.1, 0.15) is 10.5 Å². The number of aryl methyl sites for hydroxylation is 1. The number of carbonyl (C=O) groups is 1. The van der Waals surface area contributed by atoms with Crippen molar-refractivity contribution in [2.24, 2.45) is 7.05 Å². The highest BCUT2D eigenvalue weighted by Crippen LogP contribution is 2.45. The summed E-state index contributed by atoms with van der Waals surface area (Å²) in [5, 5.41) is 12.8. The minimum atomic E-state index is -1.18. The number of nitrogens with zero attached hydrogens (tertiary/aromatic N) is 2. The second-order valence-corrected chi connectivity index (χ2v) is 4.98. The summed E-state index contributed by atoms with van der Waals surface area (Å²) in [6.07, 6.45) is 0. The van der Waals surface area contributed by atoms with Gasteiger partial charge in [0.2, 0.25) is 6.79 Å². The molecule has 0 fully saturated rings. The van der Waals surface area contributed by atoms with Gasteiger partial charge in [-0.15, -0.1) is 0 Å². The second kappa shape index (κ2) is 4.48. The number of carboxylic acid groups (broad SMARTS) is 1. The molecule has 0 bridgehead atoms. The van der Waals surface area contributed by atoms with E-state index in [0.29, 0.717) is 11.4 Å². The van der Waals surface area contributed by atoms with Crippen molar-refractivity contribution in [2.45, 2.75) is 0 Å². The first-order chi connectivity index (χ1) is 9.49. The first kappa shape index (κ1) is 12.9. The van der Waals surface area contributed by atoms with E-state index in [1.54, 1.807) is 0 Å². The van der Waals surface area contributed by atoms with Gasteiger partial charge < -0.3 is 14.6 Å². The molecular weight excluding hydrogens is 335 g/mol. The first-order valence-electron chi connectivity index (χ1n) is 5.54. The van der Waals surface area contributed by atoms with Crippen LogP contribution in [0.25, 0.3) is 11.3 Å². The van der Waals surface area contributed by atoms with Crippen molar-refractivity contribution >= 4 is 21.9 Å². The Morgan fingerprint density at radius 2 is 2.25 bits per heavy atom. The van der Waals surface area contributed by atoms with Crippen LogP contribution in [-0.4, -0.2) is 27.6 Å². The van der Waals surface area contributed by atoms with E-state index in [0.717, 1.165) is 0 Å². The molecule has 0 radical (unpaired) electrons. The Morgan fingerprint density at radius 1 is 1.50 bits per heavy atom. The van der Waals surface area contributed by atoms with Crippen molar-refractivity contribution in [3.63, 3.8) is 0 Å². The van der Waals surface area contributed by atoms with Gasteiger partial charge in [-0.2, -0.15) is 5.10 Å². The van der Waals surface area contributed by atoms with E-state index < -0.39 is 11.8 Å². The molecule has 2 heterocycles. The van der Waals surface area contributed by atoms with Crippen molar-refractivity contribution in [1.82, 2.24) is 9.78 Å². The Hall–Kier alpha value is -2.09. The molecule has 0 amide bonds. The molecule has 0 aliphatic carbocycles. The van der Waals surface area contributed by atoms with Gasteiger partial charge in [0, 0.05) is 13.1 Å². The maximum Gasteiger partial charge on any atom is 0.356 e. The predicted molar refractivity (Wildman–Crippen MR) is 69.4 cm³/mol. The van der Waals surface area contributed by atoms with Crippen molar-refractivity contribution in [3.05, 3.63) is 28.1 Å². The van der Waals surface area contributed by atoms with E-state index in [1.807, 2.05) is 0 Å². The molecule has 0 unspecified atom stereocenters. The number of fused-ring (bicyclic) bond motifs is 1. The van der Waals surface area contributed by atoms with Crippen molar-refractivity contribution in [3.8, 4) is 22.8 Å². The molecule has 104 valence electrons. The number of rotatable bonds is 2. The summed E-state index contributed by atoms with van der Waals surface area (Å²) in [6, 6.07) is 2.75. The Kier molecular flexibility index (Phi) is 2.89. The van der Waals surface area contributed by atoms with Crippen molar-refractivity contribution in [1.29, 1.82) is 0 Å². The lowest BCUT2D eigenvalue weighted by molar-refractivity contribution is 0.0689. The monoisotopic (exact) mass is 342 g/mol. The smallest absolute Gasteiger partial charge is 0.356 e. The molecule has 0 saturated carbocycles. The SMILES string of the molecule is Cn1nc(C(=O)O)cc1-c1c(F)c(Br)cc2c1OCO2. The zero-order chi connectivity index (χ0) is 14.4. The van der Waals surface area contributed by atoms with Gasteiger partial charge in [-0.3, -0.25) is 4.68 Å². The summed E-state index contributed by atoms with van der Waals surface area (Å²) in [5.74, 6) is -1.11. The fourth-order valence-electron chi connectivity index (χ4n) is 2.02. The largest absolute Gasteiger partial charge is 0.476 e. The highest BCUT2D eigenvalue weighted by molar-refractivity contribution is 9.10. The zero-order valence-electron chi connectivity index (χ0n) is 10.2. The number of ether oxygens (including phenoxy) is 2. The quantitative estimate of drug-likeness (QED) is 0.907. The molecule has 6 nitrogen and oxygen atoms in total. The van der Waals surface area contributed by atoms with Crippen LogP contribution >= 0.6 is 15.9 Å². The van der Waals surface area contributed by atoms with E-state index in [2.05, 4.69) is 21.0 Å². The van der Waals surface area contributed by atoms with E-state index in [-0.39, 0.29) is 28.3 Å². The van der Waals surface area contributed by atoms with Crippen LogP contribution in [0.3, 0.4) is 0 Å². The standard InChI is InChI=1S/C12H8BrFN2O4/c1-16-7(3-6(15-16)12(17)18)9-10(14)5(13)2-8-11(9)20-4-19-8/h2-3H,4H2,1H3,(H,17,18). The van der Waals surface area contributed by atoms with Crippen LogP contribution < -0.4 is 9.47 Å². The normalized spacial score (nSPS) is 12.8. The predicted octanol–water partition coefficient (Wildman–Crippen LogP) is 2.42. The Morgan fingerprint density at radius 3 is 2.90 bits per heavy atom. The molecule has 1 aromatic carbocycles. The summed E-state index contributed by atoms with van der Waals surface area (Å²) in [7, 11) is 1.53. The third-order valence-corrected chi connectivity index (χ3v) is 3.49. The van der Waals surface area contributed by atoms with Crippen LogP contribution in [0.4, 0.5) is 4.39 Å². The van der Waals surface area contributed by atoms with E-state index in [1.165, 1.54) is 23.9 Å². The number of hydrogen-bond donors (Lipinski definition) is 1. The fraction of sp³-hybridized carbons (Fsp3) is 0.167. The number of aromatic nitrogens is 2. The number of carboxylic acids is 1. The summed E-state index contributed by atoms with van der Waals surface area (Å²) in [4.78, 5) is 10.9. The lowest BCUT2D eigenvalue weighted by atomic mass is 10.1. The number of benzene rings is 1. The maximum atomic E-state index is 14.4. The molecular formula is C12H8BrFN2O4. The molecule has 0 atom stereocenters. The average molecular weight is 343 g/mol. The van der Waals surface area contributed by atoms with Gasteiger partial charge in [-0.05, 0) is 22.0 Å². The molecule has 2 aromatic rings. The third kappa shape index (κ3) is 1.83. The minimum Gasteiger partial charge on any atom is -0.476 e. The Balaban J connectivity index is 2.27. The highest BCUT2D eigenvalue weighted by atomic mass is 79.9. The summed E-state index contributed by atoms with van der Waals surface area (Å²) >= 11 is 3.10. The van der Waals surface area contributed by atoms with Crippen LogP contribution in [0.5, 0.6) is 11.5 Å². The first-order valence-corrected chi connectivity index (χ1v) is 6.33. The van der Waals surface area contributed by atoms with Crippen LogP contribution in [-0.2, 0) is 7.05 Å². The van der Waals surface area contributed by atoms with Crippen LogP contribution in [0.15, 0.2) is 16.6 Å². The lowest BCUT2D eigenvalue weighted by Gasteiger charge is -2.09. The maximum absolute atomic E-state index is 14.4. The lowest BCUT2D eigenvalue weighted by Crippen LogP contribution is -2.00. The van der Waals surface area contributed by atoms with Gasteiger partial charge >= 0.3 is 5.97 Å². The number of halogens is 2. The van der Waals surface area contributed by atoms with E-state index in [9.17, 15) is 9.18 Å². The number of hydrogen-bond acceptors (Lipinski definition) is 4. The van der Waals surface area contributed by atoms with Gasteiger partial charge in [-0.1, -0.05) is 0 Å². The topological polar surface area (TPSA) is 73.6 Å². The molecule has 3 rings (SSSR count). The molecule has 0 saturated heterocycles. The Labute approximate surface area is 120 Å². The molecule has 1 aromatic heterocycles. The third-order valence-electron chi connectivity index (χ3n) is 2.91. The Bertz CT molecular complexity index is 729. The zero-order valence-corrected chi connectivity index (χ0v) is 11.8. The van der Waals surface area contributed by atoms with Gasteiger partial charge in [0.1, 0.15) is 0 Å². The van der Waals surface area contributed by atoms with Gasteiger partial charge in [-0.25, -0.2) is 9.18 Å². The van der Waals surface area contributed by atoms with E-state index in [4.69, 9.17) is 14.6 Å². The van der Waals surface area contributed by atoms with Crippen LogP contribution in [0, 0.1) is 5.82 Å². The molecule has 20 heavy (non-hydrogen) atoms. The summed E-state index contributed by atoms with van der Waals surface area (Å²) in [5.41, 5.74) is 0.242. The highest BCUT2D eigenvalue weighted by Gasteiger charge is 2.27. The minimum absolute atomic E-state index is 0.0120. The van der Waals surface area contributed by atoms with Crippen molar-refractivity contribution < 1.29 is 23.8 Å².